The lowest BCUT2D eigenvalue weighted by atomic mass is 10.2. The summed E-state index contributed by atoms with van der Waals surface area (Å²) in [6.45, 7) is 0. The number of nitrogens with zero attached hydrogens (tertiary/aromatic N) is 2. The molecule has 0 bridgehead atoms. The molecule has 0 heterocycles. The van der Waals surface area contributed by atoms with E-state index in [0.717, 1.165) is 0 Å². The summed E-state index contributed by atoms with van der Waals surface area (Å²) < 4.78 is 0. The van der Waals surface area contributed by atoms with Gasteiger partial charge in [0, 0.05) is 14.1 Å². The fourth-order valence-corrected chi connectivity index (χ4v) is 1.05. The fourth-order valence-electron chi connectivity index (χ4n) is 1.05. The van der Waals surface area contributed by atoms with Crippen molar-refractivity contribution in [2.45, 2.75) is 0 Å². The molecule has 0 aliphatic rings. The largest absolute Gasteiger partial charge is 0.506 e. The molecule has 1 aromatic carbocycles. The number of para-hydroxylation sites is 1. The number of phenols is 1. The lowest BCUT2D eigenvalue weighted by molar-refractivity contribution is 0.476. The zero-order chi connectivity index (χ0) is 9.14. The Labute approximate surface area is 70.4 Å². The Hall–Kier alpha value is -1.58. The number of aromatic hydroxyl groups is 1. The van der Waals surface area contributed by atoms with Gasteiger partial charge < -0.3 is 10.0 Å². The number of nitroso groups, excluding NO2 is 1. The predicted octanol–water partition coefficient (Wildman–Crippen LogP) is 1.86. The van der Waals surface area contributed by atoms with Crippen molar-refractivity contribution in [3.63, 3.8) is 0 Å². The molecular formula is C8H10N2O2. The van der Waals surface area contributed by atoms with Crippen molar-refractivity contribution < 1.29 is 5.11 Å². The molecule has 4 nitrogen and oxygen atoms in total. The van der Waals surface area contributed by atoms with Crippen LogP contribution in [0.1, 0.15) is 0 Å². The molecule has 1 aromatic rings. The second-order valence-corrected chi connectivity index (χ2v) is 2.63. The summed E-state index contributed by atoms with van der Waals surface area (Å²) in [7, 11) is 3.48. The maximum atomic E-state index is 10.3. The number of hydrogen-bond acceptors (Lipinski definition) is 4. The Morgan fingerprint density at radius 2 is 2.08 bits per heavy atom. The van der Waals surface area contributed by atoms with Gasteiger partial charge in [-0.05, 0) is 17.3 Å². The molecule has 0 unspecified atom stereocenters. The third-order valence-electron chi connectivity index (χ3n) is 1.54. The number of hydrogen-bond donors (Lipinski definition) is 1. The standard InChI is InChI=1S/C8H10N2O2/c1-10(2)8-6(9-12)4-3-5-7(8)11/h3-5,11H,1-2H3. The van der Waals surface area contributed by atoms with E-state index in [-0.39, 0.29) is 11.4 Å². The Bertz CT molecular complexity index is 297. The van der Waals surface area contributed by atoms with Crippen molar-refractivity contribution in [3.8, 4) is 5.75 Å². The molecule has 0 spiro atoms. The minimum atomic E-state index is 0.0668. The lowest BCUT2D eigenvalue weighted by Gasteiger charge is -2.14. The van der Waals surface area contributed by atoms with Crippen LogP contribution in [0.4, 0.5) is 11.4 Å². The number of benzene rings is 1. The average Bonchev–Trinajstić information content (AvgIpc) is 2.03. The SMILES string of the molecule is CN(C)c1c(O)cccc1N=O. The van der Waals surface area contributed by atoms with Crippen molar-refractivity contribution in [2.75, 3.05) is 19.0 Å². The number of rotatable bonds is 2. The smallest absolute Gasteiger partial charge is 0.141 e. The monoisotopic (exact) mass is 166 g/mol. The van der Waals surface area contributed by atoms with Crippen LogP contribution in [0, 0.1) is 4.91 Å². The van der Waals surface area contributed by atoms with Crippen LogP contribution < -0.4 is 4.90 Å². The molecular weight excluding hydrogens is 156 g/mol. The molecule has 0 saturated carbocycles. The zero-order valence-corrected chi connectivity index (χ0v) is 6.98. The first-order valence-electron chi connectivity index (χ1n) is 3.49. The summed E-state index contributed by atoms with van der Waals surface area (Å²) in [4.78, 5) is 11.9. The van der Waals surface area contributed by atoms with E-state index in [1.807, 2.05) is 0 Å². The summed E-state index contributed by atoms with van der Waals surface area (Å²) in [6, 6.07) is 4.66. The van der Waals surface area contributed by atoms with Crippen molar-refractivity contribution in [1.82, 2.24) is 0 Å². The highest BCUT2D eigenvalue weighted by Crippen LogP contribution is 2.35. The third kappa shape index (κ3) is 1.37. The van der Waals surface area contributed by atoms with Gasteiger partial charge >= 0.3 is 0 Å². The number of phenolic OH excluding ortho intramolecular Hbond substituents is 1. The Kier molecular flexibility index (Phi) is 2.28. The molecule has 0 aliphatic heterocycles. The lowest BCUT2D eigenvalue weighted by Crippen LogP contribution is -2.08. The van der Waals surface area contributed by atoms with Gasteiger partial charge in [-0.25, -0.2) is 0 Å². The first-order chi connectivity index (χ1) is 5.66. The van der Waals surface area contributed by atoms with E-state index in [2.05, 4.69) is 5.18 Å². The Balaban J connectivity index is 3.29. The van der Waals surface area contributed by atoms with Gasteiger partial charge in [-0.2, -0.15) is 0 Å². The van der Waals surface area contributed by atoms with Crippen LogP contribution in [0.25, 0.3) is 0 Å². The van der Waals surface area contributed by atoms with Crippen LogP contribution in [0.5, 0.6) is 5.75 Å². The van der Waals surface area contributed by atoms with Crippen LogP contribution in [-0.4, -0.2) is 19.2 Å². The van der Waals surface area contributed by atoms with Crippen molar-refractivity contribution in [2.24, 2.45) is 5.18 Å². The molecule has 1 N–H and O–H groups in total. The summed E-state index contributed by atoms with van der Waals surface area (Å²) >= 11 is 0. The maximum Gasteiger partial charge on any atom is 0.141 e. The van der Waals surface area contributed by atoms with E-state index in [1.165, 1.54) is 6.07 Å². The highest BCUT2D eigenvalue weighted by atomic mass is 16.3. The van der Waals surface area contributed by atoms with Gasteiger partial charge in [-0.1, -0.05) is 6.07 Å². The Morgan fingerprint density at radius 3 is 2.50 bits per heavy atom. The van der Waals surface area contributed by atoms with Gasteiger partial charge in [0.25, 0.3) is 0 Å². The van der Waals surface area contributed by atoms with Gasteiger partial charge in [0.15, 0.2) is 0 Å². The summed E-state index contributed by atoms with van der Waals surface area (Å²) in [5.41, 5.74) is 0.701. The van der Waals surface area contributed by atoms with Gasteiger partial charge in [0.05, 0.1) is 0 Å². The van der Waals surface area contributed by atoms with Crippen molar-refractivity contribution in [3.05, 3.63) is 23.1 Å². The van der Waals surface area contributed by atoms with E-state index >= 15 is 0 Å². The van der Waals surface area contributed by atoms with E-state index < -0.39 is 0 Å². The second kappa shape index (κ2) is 3.21. The average molecular weight is 166 g/mol. The van der Waals surface area contributed by atoms with Crippen molar-refractivity contribution >= 4 is 11.4 Å². The highest BCUT2D eigenvalue weighted by molar-refractivity contribution is 5.73. The van der Waals surface area contributed by atoms with Crippen molar-refractivity contribution in [1.29, 1.82) is 0 Å². The third-order valence-corrected chi connectivity index (χ3v) is 1.54. The second-order valence-electron chi connectivity index (χ2n) is 2.63. The molecule has 64 valence electrons. The summed E-state index contributed by atoms with van der Waals surface area (Å²) in [6.07, 6.45) is 0. The van der Waals surface area contributed by atoms with E-state index in [9.17, 15) is 10.0 Å². The van der Waals surface area contributed by atoms with Crippen LogP contribution in [0.15, 0.2) is 23.4 Å². The highest BCUT2D eigenvalue weighted by Gasteiger charge is 2.09. The molecule has 0 fully saturated rings. The van der Waals surface area contributed by atoms with Gasteiger partial charge in [0.1, 0.15) is 17.1 Å². The minimum absolute atomic E-state index is 0.0668. The first kappa shape index (κ1) is 8.52. The fraction of sp³-hybridized carbons (Fsp3) is 0.250. The molecule has 4 heteroatoms. The first-order valence-corrected chi connectivity index (χ1v) is 3.49. The zero-order valence-electron chi connectivity index (χ0n) is 6.98. The Morgan fingerprint density at radius 1 is 1.42 bits per heavy atom. The number of anilines is 1. The van der Waals surface area contributed by atoms with Crippen LogP contribution in [-0.2, 0) is 0 Å². The maximum absolute atomic E-state index is 10.3. The van der Waals surface area contributed by atoms with Gasteiger partial charge in [-0.3, -0.25) is 0 Å². The summed E-state index contributed by atoms with van der Waals surface area (Å²) in [5, 5.41) is 12.2. The van der Waals surface area contributed by atoms with Crippen LogP contribution >= 0.6 is 0 Å². The molecule has 1 rings (SSSR count). The predicted molar refractivity (Wildman–Crippen MR) is 47.9 cm³/mol. The van der Waals surface area contributed by atoms with E-state index in [0.29, 0.717) is 5.69 Å². The van der Waals surface area contributed by atoms with Gasteiger partial charge in [0.2, 0.25) is 0 Å². The molecule has 12 heavy (non-hydrogen) atoms. The molecule has 0 radical (unpaired) electrons. The van der Waals surface area contributed by atoms with Crippen LogP contribution in [0.3, 0.4) is 0 Å². The molecule has 0 atom stereocenters. The van der Waals surface area contributed by atoms with E-state index in [1.54, 1.807) is 31.1 Å². The van der Waals surface area contributed by atoms with Crippen LogP contribution in [0.2, 0.25) is 0 Å². The topological polar surface area (TPSA) is 52.9 Å². The normalized spacial score (nSPS) is 9.50. The molecule has 0 aromatic heterocycles. The molecule has 0 saturated heterocycles. The molecule has 0 amide bonds. The summed E-state index contributed by atoms with van der Waals surface area (Å²) in [5.74, 6) is 0.0668. The quantitative estimate of drug-likeness (QED) is 0.682. The minimum Gasteiger partial charge on any atom is -0.506 e. The van der Waals surface area contributed by atoms with Gasteiger partial charge in [-0.15, -0.1) is 4.91 Å². The molecule has 0 aliphatic carbocycles. The van der Waals surface area contributed by atoms with E-state index in [4.69, 9.17) is 0 Å².